The van der Waals surface area contributed by atoms with Gasteiger partial charge in [-0.3, -0.25) is 0 Å². The first-order valence-electron chi connectivity index (χ1n) is 13.3. The van der Waals surface area contributed by atoms with Crippen molar-refractivity contribution in [3.05, 3.63) is 79.2 Å². The Morgan fingerprint density at radius 2 is 1.25 bits per heavy atom. The Bertz CT molecular complexity index is 1170. The Morgan fingerprint density at radius 1 is 0.778 bits per heavy atom. The fourth-order valence-corrected chi connectivity index (χ4v) is 33.3. The quantitative estimate of drug-likeness (QED) is 0.278. The van der Waals surface area contributed by atoms with Crippen molar-refractivity contribution in [3.8, 4) is 11.1 Å². The predicted molar refractivity (Wildman–Crippen MR) is 163 cm³/mol. The first kappa shape index (κ1) is 31.8. The SMILES string of the molecule is CCC1=CC[C]([Hf]([CH]2c3cc(C(C)(C)C)ccc3-c3ccc(C(C)(C)C)cc32)=[Si](C)C)=C1CC.Cl.Cl. The van der Waals surface area contributed by atoms with E-state index in [0.717, 1.165) is 0 Å². The molecule has 0 heterocycles. The van der Waals surface area contributed by atoms with Gasteiger partial charge in [-0.05, 0) is 0 Å². The van der Waals surface area contributed by atoms with E-state index in [9.17, 15) is 0 Å². The Labute approximate surface area is 241 Å². The summed E-state index contributed by atoms with van der Waals surface area (Å²) in [5, 5.41) is 0. The minimum atomic E-state index is -2.23. The molecule has 0 spiro atoms. The molecule has 36 heavy (non-hydrogen) atoms. The van der Waals surface area contributed by atoms with E-state index >= 15 is 0 Å². The van der Waals surface area contributed by atoms with Gasteiger partial charge in [0.1, 0.15) is 0 Å². The molecular formula is C32H46Cl2HfSi. The van der Waals surface area contributed by atoms with Crippen molar-refractivity contribution >= 4 is 30.3 Å². The fraction of sp³-hybridized carbons (Fsp3) is 0.500. The monoisotopic (exact) mass is 708 g/mol. The van der Waals surface area contributed by atoms with Crippen LogP contribution in [0.4, 0.5) is 0 Å². The molecule has 0 fully saturated rings. The van der Waals surface area contributed by atoms with Crippen LogP contribution in [0.2, 0.25) is 13.1 Å². The Morgan fingerprint density at radius 3 is 1.61 bits per heavy atom. The molecule has 2 aromatic carbocycles. The molecule has 0 radical (unpaired) electrons. The van der Waals surface area contributed by atoms with Crippen LogP contribution in [0.5, 0.6) is 0 Å². The van der Waals surface area contributed by atoms with Crippen molar-refractivity contribution < 1.29 is 20.1 Å². The van der Waals surface area contributed by atoms with Gasteiger partial charge in [-0.2, -0.15) is 0 Å². The number of fused-ring (bicyclic) bond motifs is 3. The van der Waals surface area contributed by atoms with Gasteiger partial charge in [0.25, 0.3) is 0 Å². The molecule has 0 saturated heterocycles. The second kappa shape index (κ2) is 11.8. The second-order valence-corrected chi connectivity index (χ2v) is 37.0. The van der Waals surface area contributed by atoms with Crippen molar-refractivity contribution in [1.29, 1.82) is 0 Å². The summed E-state index contributed by atoms with van der Waals surface area (Å²) in [6, 6.07) is 15.0. The van der Waals surface area contributed by atoms with Crippen molar-refractivity contribution in [1.82, 2.24) is 0 Å². The molecule has 0 saturated carbocycles. The minimum absolute atomic E-state index is 0. The molecular weight excluding hydrogens is 662 g/mol. The van der Waals surface area contributed by atoms with E-state index in [-0.39, 0.29) is 41.1 Å². The van der Waals surface area contributed by atoms with Crippen LogP contribution < -0.4 is 0 Å². The standard InChI is InChI=1S/C21H25.C9H13.C2H6Si.2ClH.Hf/c1-20(2,3)16-7-9-18-14(12-16)11-15-13-17(21(4,5)6)8-10-19(15)18;1-3-8-6-5-7-9(8)4-2;1-3-2;;;/h7-13H,1-6H3;6H,3-5H2,1-2H3;1-2H3;2*1H;. The maximum absolute atomic E-state index is 2.65. The van der Waals surface area contributed by atoms with Gasteiger partial charge < -0.3 is 0 Å². The number of halogens is 2. The van der Waals surface area contributed by atoms with Crippen LogP contribution in [0, 0.1) is 0 Å². The van der Waals surface area contributed by atoms with Crippen molar-refractivity contribution in [2.75, 3.05) is 0 Å². The third-order valence-electron chi connectivity index (χ3n) is 7.94. The first-order valence-corrected chi connectivity index (χ1v) is 25.0. The number of allylic oxidation sites excluding steroid dienone is 4. The molecule has 0 atom stereocenters. The molecule has 196 valence electrons. The molecule has 2 aromatic rings. The summed E-state index contributed by atoms with van der Waals surface area (Å²) in [7, 11) is 0. The third kappa shape index (κ3) is 5.78. The van der Waals surface area contributed by atoms with Gasteiger partial charge in [-0.15, -0.1) is 24.8 Å². The number of hydrogen-bond donors (Lipinski definition) is 0. The molecule has 0 N–H and O–H groups in total. The molecule has 0 aromatic heterocycles. The van der Waals surface area contributed by atoms with E-state index in [1.807, 2.05) is 3.33 Å². The number of benzene rings is 2. The topological polar surface area (TPSA) is 0 Å². The molecule has 0 unspecified atom stereocenters. The predicted octanol–water partition coefficient (Wildman–Crippen LogP) is 10.5. The van der Waals surface area contributed by atoms with Crippen LogP contribution in [0.1, 0.15) is 101 Å². The summed E-state index contributed by atoms with van der Waals surface area (Å²) < 4.78 is 2.65. The first-order chi connectivity index (χ1) is 15.9. The van der Waals surface area contributed by atoms with E-state index in [1.54, 1.807) is 22.3 Å². The van der Waals surface area contributed by atoms with Crippen LogP contribution in [0.15, 0.2) is 57.0 Å². The summed E-state index contributed by atoms with van der Waals surface area (Å²) >= 11 is -2.23. The maximum atomic E-state index is 2.65. The molecule has 0 amide bonds. The zero-order chi connectivity index (χ0) is 25.0. The molecule has 2 aliphatic rings. The van der Waals surface area contributed by atoms with Gasteiger partial charge in [0, 0.05) is 0 Å². The van der Waals surface area contributed by atoms with Crippen molar-refractivity contribution in [3.63, 3.8) is 0 Å². The normalized spacial score (nSPS) is 15.1. The smallest absolute Gasteiger partial charge is 0.147 e. The van der Waals surface area contributed by atoms with Crippen molar-refractivity contribution in [2.45, 2.75) is 102 Å². The largest absolute Gasteiger partial charge is 0.147 e. The van der Waals surface area contributed by atoms with Gasteiger partial charge in [-0.25, -0.2) is 0 Å². The summed E-state index contributed by atoms with van der Waals surface area (Å²) in [6.07, 6.45) is 6.26. The second-order valence-electron chi connectivity index (χ2n) is 12.5. The third-order valence-corrected chi connectivity index (χ3v) is 33.9. The molecule has 2 aliphatic carbocycles. The zero-order valence-corrected chi connectivity index (χ0v) is 30.3. The van der Waals surface area contributed by atoms with Gasteiger partial charge in [0.2, 0.25) is 0 Å². The van der Waals surface area contributed by atoms with Crippen LogP contribution >= 0.6 is 24.8 Å². The van der Waals surface area contributed by atoms with E-state index in [4.69, 9.17) is 0 Å². The van der Waals surface area contributed by atoms with Gasteiger partial charge >= 0.3 is 218 Å². The minimum Gasteiger partial charge on any atom is -0.147 e. The summed E-state index contributed by atoms with van der Waals surface area (Å²) in [5.74, 6) is 0. The van der Waals surface area contributed by atoms with E-state index in [2.05, 4.69) is 111 Å². The van der Waals surface area contributed by atoms with Crippen LogP contribution in [0.3, 0.4) is 0 Å². The summed E-state index contributed by atoms with van der Waals surface area (Å²) in [4.78, 5) is 0. The summed E-state index contributed by atoms with van der Waals surface area (Å²) in [6.45, 7) is 24.2. The fourth-order valence-electron chi connectivity index (χ4n) is 6.01. The van der Waals surface area contributed by atoms with Crippen LogP contribution in [0.25, 0.3) is 11.1 Å². The summed E-state index contributed by atoms with van der Waals surface area (Å²) in [5.41, 5.74) is 12.8. The van der Waals surface area contributed by atoms with Gasteiger partial charge in [-0.1, -0.05) is 0 Å². The molecule has 0 nitrogen and oxygen atoms in total. The Balaban J connectivity index is 0.00000228. The Hall–Kier alpha value is -0.413. The molecule has 0 bridgehead atoms. The van der Waals surface area contributed by atoms with Crippen LogP contribution in [-0.2, 0) is 30.9 Å². The average Bonchev–Trinajstić information content (AvgIpc) is 3.31. The van der Waals surface area contributed by atoms with Crippen LogP contribution in [-0.4, -0.2) is 5.49 Å². The van der Waals surface area contributed by atoms with E-state index < -0.39 is 20.1 Å². The Kier molecular flexibility index (Phi) is 10.4. The maximum Gasteiger partial charge on any atom is -0.147 e. The molecule has 4 rings (SSSR count). The van der Waals surface area contributed by atoms with Gasteiger partial charge in [0.15, 0.2) is 0 Å². The van der Waals surface area contributed by atoms with E-state index in [1.165, 1.54) is 41.5 Å². The van der Waals surface area contributed by atoms with Crippen molar-refractivity contribution in [2.24, 2.45) is 0 Å². The molecule has 0 aliphatic heterocycles. The average molecular weight is 708 g/mol. The van der Waals surface area contributed by atoms with Gasteiger partial charge in [0.05, 0.1) is 0 Å². The van der Waals surface area contributed by atoms with E-state index in [0.29, 0.717) is 3.67 Å². The zero-order valence-electron chi connectivity index (χ0n) is 24.1. The number of hydrogen-bond acceptors (Lipinski definition) is 0. The number of rotatable bonds is 4. The molecule has 4 heteroatoms.